The molecule has 3 heterocycles. The standard InChI is InChI=1S/C8H10N2O3/c9-2-1-3-4-5(6(2)13-3)8(12)10-7(4)11/h2-6H,1,9H2,(H,10,11,12). The zero-order valence-electron chi connectivity index (χ0n) is 6.90. The van der Waals surface area contributed by atoms with Crippen molar-refractivity contribution in [3.8, 4) is 0 Å². The molecule has 0 spiro atoms. The van der Waals surface area contributed by atoms with Crippen molar-refractivity contribution in [1.82, 2.24) is 5.32 Å². The first-order valence-corrected chi connectivity index (χ1v) is 4.44. The van der Waals surface area contributed by atoms with Crippen LogP contribution in [0.1, 0.15) is 6.42 Å². The zero-order chi connectivity index (χ0) is 9.16. The van der Waals surface area contributed by atoms with Gasteiger partial charge >= 0.3 is 0 Å². The largest absolute Gasteiger partial charge is 0.372 e. The summed E-state index contributed by atoms with van der Waals surface area (Å²) < 4.78 is 5.49. The summed E-state index contributed by atoms with van der Waals surface area (Å²) in [7, 11) is 0. The molecule has 0 aromatic carbocycles. The van der Waals surface area contributed by atoms with Gasteiger partial charge in [0.05, 0.1) is 24.0 Å². The van der Waals surface area contributed by atoms with Gasteiger partial charge in [-0.15, -0.1) is 0 Å². The Balaban J connectivity index is 2.00. The second kappa shape index (κ2) is 2.10. The van der Waals surface area contributed by atoms with Crippen molar-refractivity contribution in [3.63, 3.8) is 0 Å². The molecule has 5 atom stereocenters. The molecule has 0 radical (unpaired) electrons. The molecule has 3 aliphatic heterocycles. The Kier molecular flexibility index (Phi) is 1.21. The third-order valence-corrected chi connectivity index (χ3v) is 3.25. The highest BCUT2D eigenvalue weighted by atomic mass is 16.5. The van der Waals surface area contributed by atoms with Gasteiger partial charge in [0.1, 0.15) is 0 Å². The van der Waals surface area contributed by atoms with Gasteiger partial charge in [0.25, 0.3) is 0 Å². The number of amides is 2. The summed E-state index contributed by atoms with van der Waals surface area (Å²) in [5.41, 5.74) is 5.77. The molecule has 3 fully saturated rings. The fourth-order valence-electron chi connectivity index (χ4n) is 2.71. The fourth-order valence-corrected chi connectivity index (χ4v) is 2.71. The van der Waals surface area contributed by atoms with Crippen LogP contribution >= 0.6 is 0 Å². The average molecular weight is 182 g/mol. The third-order valence-electron chi connectivity index (χ3n) is 3.25. The molecule has 3 aliphatic rings. The van der Waals surface area contributed by atoms with E-state index in [1.54, 1.807) is 0 Å². The van der Waals surface area contributed by atoms with Crippen LogP contribution in [0.25, 0.3) is 0 Å². The Bertz CT molecular complexity index is 304. The first-order chi connectivity index (χ1) is 6.18. The van der Waals surface area contributed by atoms with Crippen LogP contribution in [-0.2, 0) is 14.3 Å². The Hall–Kier alpha value is -0.940. The van der Waals surface area contributed by atoms with E-state index in [9.17, 15) is 9.59 Å². The molecule has 0 aromatic heterocycles. The van der Waals surface area contributed by atoms with Crippen LogP contribution in [0.3, 0.4) is 0 Å². The maximum Gasteiger partial charge on any atom is 0.233 e. The zero-order valence-corrected chi connectivity index (χ0v) is 6.90. The molecule has 5 heteroatoms. The van der Waals surface area contributed by atoms with Gasteiger partial charge in [-0.2, -0.15) is 0 Å². The van der Waals surface area contributed by atoms with E-state index in [-0.39, 0.29) is 41.9 Å². The number of nitrogens with two attached hydrogens (primary N) is 1. The molecular formula is C8H10N2O3. The van der Waals surface area contributed by atoms with Crippen LogP contribution in [0.2, 0.25) is 0 Å². The van der Waals surface area contributed by atoms with Gasteiger partial charge in [0.15, 0.2) is 0 Å². The fraction of sp³-hybridized carbons (Fsp3) is 0.750. The Morgan fingerprint density at radius 1 is 1.31 bits per heavy atom. The molecule has 3 rings (SSSR count). The molecule has 3 saturated heterocycles. The molecular weight excluding hydrogens is 172 g/mol. The quantitative estimate of drug-likeness (QED) is 0.441. The molecule has 3 N–H and O–H groups in total. The van der Waals surface area contributed by atoms with Gasteiger partial charge < -0.3 is 10.5 Å². The smallest absolute Gasteiger partial charge is 0.233 e. The van der Waals surface area contributed by atoms with Crippen LogP contribution in [-0.4, -0.2) is 30.1 Å². The van der Waals surface area contributed by atoms with Crippen molar-refractivity contribution < 1.29 is 14.3 Å². The van der Waals surface area contributed by atoms with Crippen LogP contribution in [0, 0.1) is 11.8 Å². The molecule has 13 heavy (non-hydrogen) atoms. The van der Waals surface area contributed by atoms with Crippen LogP contribution in [0.15, 0.2) is 0 Å². The number of rotatable bonds is 0. The average Bonchev–Trinajstić information content (AvgIpc) is 2.64. The number of nitrogens with one attached hydrogen (secondary N) is 1. The monoisotopic (exact) mass is 182 g/mol. The maximum absolute atomic E-state index is 11.3. The highest BCUT2D eigenvalue weighted by Crippen LogP contribution is 2.45. The summed E-state index contributed by atoms with van der Waals surface area (Å²) in [6, 6.07) is -0.0806. The molecule has 2 bridgehead atoms. The lowest BCUT2D eigenvalue weighted by Crippen LogP contribution is -2.42. The lowest BCUT2D eigenvalue weighted by Gasteiger charge is -2.21. The van der Waals surface area contributed by atoms with E-state index < -0.39 is 0 Å². The van der Waals surface area contributed by atoms with Crippen molar-refractivity contribution in [1.29, 1.82) is 0 Å². The van der Waals surface area contributed by atoms with Gasteiger partial charge in [0.2, 0.25) is 11.8 Å². The van der Waals surface area contributed by atoms with Crippen LogP contribution < -0.4 is 11.1 Å². The number of fused-ring (bicyclic) bond motifs is 5. The lowest BCUT2D eigenvalue weighted by atomic mass is 9.79. The van der Waals surface area contributed by atoms with Crippen LogP contribution in [0.5, 0.6) is 0 Å². The molecule has 0 aromatic rings. The van der Waals surface area contributed by atoms with E-state index in [1.807, 2.05) is 0 Å². The van der Waals surface area contributed by atoms with Gasteiger partial charge in [-0.1, -0.05) is 0 Å². The Labute approximate surface area is 74.6 Å². The number of ether oxygens (including phenoxy) is 1. The number of hydrogen-bond acceptors (Lipinski definition) is 4. The molecule has 0 saturated carbocycles. The molecule has 70 valence electrons. The predicted molar refractivity (Wildman–Crippen MR) is 41.4 cm³/mol. The van der Waals surface area contributed by atoms with Crippen molar-refractivity contribution in [3.05, 3.63) is 0 Å². The minimum absolute atomic E-state index is 0.0806. The second-order valence-corrected chi connectivity index (χ2v) is 3.94. The molecule has 0 aliphatic carbocycles. The summed E-state index contributed by atoms with van der Waals surface area (Å²) >= 11 is 0. The van der Waals surface area contributed by atoms with Gasteiger partial charge in [-0.3, -0.25) is 14.9 Å². The summed E-state index contributed by atoms with van der Waals surface area (Å²) in [6.45, 7) is 0. The minimum atomic E-state index is -0.318. The second-order valence-electron chi connectivity index (χ2n) is 3.94. The van der Waals surface area contributed by atoms with Gasteiger partial charge in [0, 0.05) is 6.04 Å². The van der Waals surface area contributed by atoms with E-state index in [2.05, 4.69) is 5.32 Å². The summed E-state index contributed by atoms with van der Waals surface area (Å²) in [5, 5.41) is 2.33. The lowest BCUT2D eigenvalue weighted by molar-refractivity contribution is -0.128. The summed E-state index contributed by atoms with van der Waals surface area (Å²) in [4.78, 5) is 22.6. The van der Waals surface area contributed by atoms with E-state index >= 15 is 0 Å². The third kappa shape index (κ3) is 0.739. The van der Waals surface area contributed by atoms with Crippen LogP contribution in [0.4, 0.5) is 0 Å². The minimum Gasteiger partial charge on any atom is -0.372 e. The van der Waals surface area contributed by atoms with E-state index in [1.165, 1.54) is 0 Å². The van der Waals surface area contributed by atoms with Gasteiger partial charge in [-0.25, -0.2) is 0 Å². The molecule has 2 amide bonds. The number of carbonyl (C=O) groups is 2. The highest BCUT2D eigenvalue weighted by Gasteiger charge is 2.62. The van der Waals surface area contributed by atoms with Crippen molar-refractivity contribution in [2.24, 2.45) is 17.6 Å². The van der Waals surface area contributed by atoms with Crippen molar-refractivity contribution in [2.45, 2.75) is 24.7 Å². The number of imide groups is 1. The van der Waals surface area contributed by atoms with Crippen molar-refractivity contribution in [2.75, 3.05) is 0 Å². The topological polar surface area (TPSA) is 81.4 Å². The number of hydrogen-bond donors (Lipinski definition) is 2. The normalized spacial score (nSPS) is 52.5. The molecule has 5 unspecified atom stereocenters. The van der Waals surface area contributed by atoms with E-state index in [4.69, 9.17) is 10.5 Å². The molecule has 5 nitrogen and oxygen atoms in total. The Morgan fingerprint density at radius 2 is 2.00 bits per heavy atom. The van der Waals surface area contributed by atoms with Gasteiger partial charge in [-0.05, 0) is 6.42 Å². The maximum atomic E-state index is 11.3. The summed E-state index contributed by atoms with van der Waals surface area (Å²) in [5.74, 6) is -0.981. The first-order valence-electron chi connectivity index (χ1n) is 4.44. The Morgan fingerprint density at radius 3 is 2.77 bits per heavy atom. The van der Waals surface area contributed by atoms with Crippen molar-refractivity contribution >= 4 is 11.8 Å². The number of carbonyl (C=O) groups excluding carboxylic acids is 2. The predicted octanol–water partition coefficient (Wildman–Crippen LogP) is -1.63. The van der Waals surface area contributed by atoms with E-state index in [0.717, 1.165) is 0 Å². The first kappa shape index (κ1) is 7.46. The van der Waals surface area contributed by atoms with E-state index in [0.29, 0.717) is 6.42 Å². The summed E-state index contributed by atoms with van der Waals surface area (Å²) in [6.07, 6.45) is 0.338. The highest BCUT2D eigenvalue weighted by molar-refractivity contribution is 6.06. The SMILES string of the molecule is NC1CC2OC1C1C(=O)NC(=O)C21.